The summed E-state index contributed by atoms with van der Waals surface area (Å²) >= 11 is 0. The fraction of sp³-hybridized carbons (Fsp3) is 0.318. The van der Waals surface area contributed by atoms with Gasteiger partial charge < -0.3 is 9.64 Å². The highest BCUT2D eigenvalue weighted by Crippen LogP contribution is 2.27. The van der Waals surface area contributed by atoms with Gasteiger partial charge in [-0.3, -0.25) is 9.78 Å². The van der Waals surface area contributed by atoms with E-state index in [0.717, 1.165) is 53.9 Å². The number of hydrogen-bond acceptors (Lipinski definition) is 5. The molecule has 0 spiro atoms. The molecule has 0 amide bonds. The molecule has 0 radical (unpaired) electrons. The number of ether oxygens (including phenoxy) is 1. The minimum Gasteiger partial charge on any atom is -0.466 e. The van der Waals surface area contributed by atoms with E-state index in [1.54, 1.807) is 6.20 Å². The summed E-state index contributed by atoms with van der Waals surface area (Å²) < 4.78 is 5.15. The van der Waals surface area contributed by atoms with E-state index in [9.17, 15) is 4.79 Å². The standard InChI is InChI=1S/C22H23N3O2/c1-2-27-22(26)16-10-13-25(14-11-16)21-9-7-18-15-17(6-8-20(18)24-21)19-5-3-4-12-23-19/h3-9,12,15-16H,2,10-11,13-14H2,1H3. The Balaban J connectivity index is 1.50. The highest BCUT2D eigenvalue weighted by atomic mass is 16.5. The molecule has 0 bridgehead atoms. The van der Waals surface area contributed by atoms with Gasteiger partial charge in [-0.25, -0.2) is 4.98 Å². The van der Waals surface area contributed by atoms with E-state index in [-0.39, 0.29) is 11.9 Å². The Morgan fingerprint density at radius 1 is 1.15 bits per heavy atom. The Kier molecular flexibility index (Phi) is 5.01. The van der Waals surface area contributed by atoms with Crippen molar-refractivity contribution in [3.8, 4) is 11.3 Å². The molecule has 4 rings (SSSR count). The monoisotopic (exact) mass is 361 g/mol. The van der Waals surface area contributed by atoms with Crippen molar-refractivity contribution in [2.75, 3.05) is 24.6 Å². The Labute approximate surface area is 159 Å². The van der Waals surface area contributed by atoms with Crippen LogP contribution in [0.1, 0.15) is 19.8 Å². The van der Waals surface area contributed by atoms with Crippen molar-refractivity contribution in [3.05, 3.63) is 54.7 Å². The number of anilines is 1. The van der Waals surface area contributed by atoms with Gasteiger partial charge in [-0.1, -0.05) is 12.1 Å². The molecule has 2 aromatic heterocycles. The zero-order chi connectivity index (χ0) is 18.6. The highest BCUT2D eigenvalue weighted by molar-refractivity contribution is 5.85. The Bertz CT molecular complexity index is 935. The molecule has 27 heavy (non-hydrogen) atoms. The number of fused-ring (bicyclic) bond motifs is 1. The van der Waals surface area contributed by atoms with Crippen molar-refractivity contribution in [1.82, 2.24) is 9.97 Å². The zero-order valence-corrected chi connectivity index (χ0v) is 15.5. The van der Waals surface area contributed by atoms with Crippen LogP contribution in [0.4, 0.5) is 5.82 Å². The molecule has 0 atom stereocenters. The molecule has 0 unspecified atom stereocenters. The van der Waals surface area contributed by atoms with Crippen LogP contribution in [-0.2, 0) is 9.53 Å². The van der Waals surface area contributed by atoms with Crippen LogP contribution in [0.5, 0.6) is 0 Å². The zero-order valence-electron chi connectivity index (χ0n) is 15.5. The Morgan fingerprint density at radius 3 is 2.74 bits per heavy atom. The summed E-state index contributed by atoms with van der Waals surface area (Å²) in [4.78, 5) is 23.4. The van der Waals surface area contributed by atoms with E-state index in [4.69, 9.17) is 9.72 Å². The minimum atomic E-state index is -0.0642. The summed E-state index contributed by atoms with van der Waals surface area (Å²) in [6, 6.07) is 16.3. The minimum absolute atomic E-state index is 0.0163. The third-order valence-corrected chi connectivity index (χ3v) is 5.07. The van der Waals surface area contributed by atoms with Crippen molar-refractivity contribution in [3.63, 3.8) is 0 Å². The van der Waals surface area contributed by atoms with E-state index in [0.29, 0.717) is 6.61 Å². The fourth-order valence-corrected chi connectivity index (χ4v) is 3.59. The molecule has 5 nitrogen and oxygen atoms in total. The number of hydrogen-bond donors (Lipinski definition) is 0. The van der Waals surface area contributed by atoms with E-state index >= 15 is 0 Å². The predicted octanol–water partition coefficient (Wildman–Crippen LogP) is 4.08. The quantitative estimate of drug-likeness (QED) is 0.656. The number of benzene rings is 1. The van der Waals surface area contributed by atoms with Crippen LogP contribution in [-0.4, -0.2) is 35.6 Å². The molecule has 1 saturated heterocycles. The van der Waals surface area contributed by atoms with Gasteiger partial charge in [-0.05, 0) is 56.2 Å². The lowest BCUT2D eigenvalue weighted by Gasteiger charge is -2.31. The summed E-state index contributed by atoms with van der Waals surface area (Å²) in [5.74, 6) is 0.920. The number of pyridine rings is 2. The number of esters is 1. The highest BCUT2D eigenvalue weighted by Gasteiger charge is 2.26. The van der Waals surface area contributed by atoms with Crippen LogP contribution in [0.2, 0.25) is 0 Å². The first kappa shape index (κ1) is 17.5. The third kappa shape index (κ3) is 3.77. The van der Waals surface area contributed by atoms with Crippen LogP contribution >= 0.6 is 0 Å². The van der Waals surface area contributed by atoms with Gasteiger partial charge in [0, 0.05) is 30.2 Å². The number of rotatable bonds is 4. The molecule has 1 aliphatic heterocycles. The third-order valence-electron chi connectivity index (χ3n) is 5.07. The van der Waals surface area contributed by atoms with Gasteiger partial charge in [0.05, 0.1) is 23.7 Å². The van der Waals surface area contributed by atoms with Gasteiger partial charge in [0.25, 0.3) is 0 Å². The molecule has 1 aromatic carbocycles. The first-order valence-electron chi connectivity index (χ1n) is 9.48. The number of carbonyl (C=O) groups is 1. The van der Waals surface area contributed by atoms with Gasteiger partial charge in [-0.15, -0.1) is 0 Å². The molecular weight excluding hydrogens is 338 g/mol. The van der Waals surface area contributed by atoms with E-state index < -0.39 is 0 Å². The molecule has 0 aliphatic carbocycles. The summed E-state index contributed by atoms with van der Waals surface area (Å²) in [6.45, 7) is 3.96. The van der Waals surface area contributed by atoms with E-state index in [1.807, 2.05) is 31.2 Å². The largest absolute Gasteiger partial charge is 0.466 e. The van der Waals surface area contributed by atoms with Gasteiger partial charge in [0.15, 0.2) is 0 Å². The van der Waals surface area contributed by atoms with Crippen molar-refractivity contribution in [2.24, 2.45) is 5.92 Å². The Morgan fingerprint density at radius 2 is 2.00 bits per heavy atom. The second-order valence-electron chi connectivity index (χ2n) is 6.81. The van der Waals surface area contributed by atoms with Gasteiger partial charge in [-0.2, -0.15) is 0 Å². The molecule has 0 saturated carbocycles. The number of piperidine rings is 1. The molecule has 3 heterocycles. The number of aromatic nitrogens is 2. The topological polar surface area (TPSA) is 55.3 Å². The van der Waals surface area contributed by atoms with Crippen LogP contribution in [0.3, 0.4) is 0 Å². The predicted molar refractivity (Wildman–Crippen MR) is 107 cm³/mol. The molecule has 0 N–H and O–H groups in total. The lowest BCUT2D eigenvalue weighted by Crippen LogP contribution is -2.37. The Hall–Kier alpha value is -2.95. The molecule has 3 aromatic rings. The van der Waals surface area contributed by atoms with Crippen LogP contribution in [0.15, 0.2) is 54.7 Å². The lowest BCUT2D eigenvalue weighted by atomic mass is 9.97. The maximum atomic E-state index is 11.9. The lowest BCUT2D eigenvalue weighted by molar-refractivity contribution is -0.148. The smallest absolute Gasteiger partial charge is 0.309 e. The summed E-state index contributed by atoms with van der Waals surface area (Å²) in [5.41, 5.74) is 3.03. The molecular formula is C22H23N3O2. The molecule has 1 fully saturated rings. The maximum Gasteiger partial charge on any atom is 0.309 e. The summed E-state index contributed by atoms with van der Waals surface area (Å²) in [5, 5.41) is 1.10. The van der Waals surface area contributed by atoms with E-state index in [1.165, 1.54) is 0 Å². The summed E-state index contributed by atoms with van der Waals surface area (Å²) in [6.07, 6.45) is 3.44. The second-order valence-corrected chi connectivity index (χ2v) is 6.81. The van der Waals surface area contributed by atoms with Crippen molar-refractivity contribution in [1.29, 1.82) is 0 Å². The fourth-order valence-electron chi connectivity index (χ4n) is 3.59. The first-order valence-corrected chi connectivity index (χ1v) is 9.48. The average Bonchev–Trinajstić information content (AvgIpc) is 2.74. The van der Waals surface area contributed by atoms with E-state index in [2.05, 4.69) is 34.1 Å². The van der Waals surface area contributed by atoms with Gasteiger partial charge in [0.2, 0.25) is 0 Å². The molecule has 138 valence electrons. The molecule has 1 aliphatic rings. The SMILES string of the molecule is CCOC(=O)C1CCN(c2ccc3cc(-c4ccccn4)ccc3n2)CC1. The van der Waals surface area contributed by atoms with Crippen LogP contribution < -0.4 is 4.90 Å². The van der Waals surface area contributed by atoms with Crippen LogP contribution in [0, 0.1) is 5.92 Å². The number of nitrogens with zero attached hydrogens (tertiary/aromatic N) is 3. The van der Waals surface area contributed by atoms with Crippen molar-refractivity contribution >= 4 is 22.7 Å². The van der Waals surface area contributed by atoms with Crippen molar-refractivity contribution in [2.45, 2.75) is 19.8 Å². The average molecular weight is 361 g/mol. The molecule has 5 heteroatoms. The normalized spacial score (nSPS) is 15.1. The second kappa shape index (κ2) is 7.74. The first-order chi connectivity index (χ1) is 13.2. The van der Waals surface area contributed by atoms with Crippen molar-refractivity contribution < 1.29 is 9.53 Å². The van der Waals surface area contributed by atoms with Gasteiger partial charge >= 0.3 is 5.97 Å². The number of carbonyl (C=O) groups excluding carboxylic acids is 1. The maximum absolute atomic E-state index is 11.9. The summed E-state index contributed by atoms with van der Waals surface area (Å²) in [7, 11) is 0. The van der Waals surface area contributed by atoms with Gasteiger partial charge in [0.1, 0.15) is 5.82 Å². The van der Waals surface area contributed by atoms with Crippen LogP contribution in [0.25, 0.3) is 22.2 Å².